The quantitative estimate of drug-likeness (QED) is 0.582. The van der Waals surface area contributed by atoms with E-state index in [0.717, 1.165) is 5.52 Å². The third-order valence-corrected chi connectivity index (χ3v) is 1.54. The van der Waals surface area contributed by atoms with Crippen molar-refractivity contribution in [2.24, 2.45) is 7.05 Å². The second-order valence-electron chi connectivity index (χ2n) is 2.40. The monoisotopic (exact) mass is 162 g/mol. The van der Waals surface area contributed by atoms with Gasteiger partial charge in [-0.05, 0) is 12.1 Å². The van der Waals surface area contributed by atoms with Gasteiger partial charge in [0.25, 0.3) is 0 Å². The number of aromatic nitrogens is 2. The Morgan fingerprint density at radius 1 is 1.25 bits per heavy atom. The van der Waals surface area contributed by atoms with E-state index in [1.54, 1.807) is 0 Å². The smallest absolute Gasteiger partial charge is 0.0878 e. The summed E-state index contributed by atoms with van der Waals surface area (Å²) in [4.78, 5) is 4.18. The number of pyridine rings is 1. The summed E-state index contributed by atoms with van der Waals surface area (Å²) in [5, 5.41) is 1.20. The third kappa shape index (κ3) is 1.64. The fourth-order valence-corrected chi connectivity index (χ4v) is 1.10. The van der Waals surface area contributed by atoms with Gasteiger partial charge in [-0.15, -0.1) is 0 Å². The van der Waals surface area contributed by atoms with Gasteiger partial charge in [-0.3, -0.25) is 4.98 Å². The molecule has 0 bridgehead atoms. The van der Waals surface area contributed by atoms with Crippen molar-refractivity contribution in [3.63, 3.8) is 0 Å². The van der Waals surface area contributed by atoms with E-state index in [-0.39, 0.29) is 0 Å². The van der Waals surface area contributed by atoms with Crippen molar-refractivity contribution in [2.45, 2.75) is 13.8 Å². The number of hydrogen-bond donors (Lipinski definition) is 0. The van der Waals surface area contributed by atoms with Gasteiger partial charge < -0.3 is 4.57 Å². The maximum Gasteiger partial charge on any atom is 0.0878 e. The van der Waals surface area contributed by atoms with Crippen LogP contribution in [0.2, 0.25) is 0 Å². The van der Waals surface area contributed by atoms with E-state index in [4.69, 9.17) is 0 Å². The van der Waals surface area contributed by atoms with Gasteiger partial charge in [0.2, 0.25) is 0 Å². The average Bonchev–Trinajstić information content (AvgIpc) is 2.48. The summed E-state index contributed by atoms with van der Waals surface area (Å²) in [6.45, 7) is 4.00. The van der Waals surface area contributed by atoms with Crippen LogP contribution in [0.4, 0.5) is 0 Å². The Bertz CT molecular complexity index is 316. The fourth-order valence-electron chi connectivity index (χ4n) is 1.10. The predicted octanol–water partition coefficient (Wildman–Crippen LogP) is 2.60. The molecule has 0 aliphatic rings. The molecule has 0 aliphatic carbocycles. The largest absolute Gasteiger partial charge is 0.354 e. The summed E-state index contributed by atoms with van der Waals surface area (Å²) >= 11 is 0. The van der Waals surface area contributed by atoms with E-state index < -0.39 is 0 Å². The summed E-state index contributed by atoms with van der Waals surface area (Å²) in [5.74, 6) is 0. The Labute approximate surface area is 72.9 Å². The van der Waals surface area contributed by atoms with Crippen molar-refractivity contribution in [3.05, 3.63) is 30.7 Å². The minimum Gasteiger partial charge on any atom is -0.354 e. The van der Waals surface area contributed by atoms with Crippen LogP contribution in [-0.2, 0) is 7.05 Å². The molecule has 0 atom stereocenters. The highest BCUT2D eigenvalue weighted by Gasteiger charge is 1.92. The lowest BCUT2D eigenvalue weighted by Gasteiger charge is -1.81. The molecule has 0 amide bonds. The third-order valence-electron chi connectivity index (χ3n) is 1.54. The summed E-state index contributed by atoms with van der Waals surface area (Å²) in [7, 11) is 2.00. The highest BCUT2D eigenvalue weighted by Crippen LogP contribution is 2.09. The lowest BCUT2D eigenvalue weighted by Crippen LogP contribution is -1.76. The summed E-state index contributed by atoms with van der Waals surface area (Å²) in [5.41, 5.74) is 1.06. The first-order valence-electron chi connectivity index (χ1n) is 4.23. The van der Waals surface area contributed by atoms with Crippen LogP contribution < -0.4 is 0 Å². The van der Waals surface area contributed by atoms with Gasteiger partial charge in [-0.2, -0.15) is 0 Å². The zero-order chi connectivity index (χ0) is 8.97. The topological polar surface area (TPSA) is 17.8 Å². The van der Waals surface area contributed by atoms with E-state index in [0.29, 0.717) is 0 Å². The van der Waals surface area contributed by atoms with Crippen LogP contribution in [0.5, 0.6) is 0 Å². The van der Waals surface area contributed by atoms with Gasteiger partial charge in [0, 0.05) is 31.0 Å². The molecule has 64 valence electrons. The standard InChI is InChI=1S/C8H8N2.C2H6/c1-10-5-7-3-2-4-9-8(7)6-10;1-2/h2-6H,1H3;1-2H3. The van der Waals surface area contributed by atoms with Crippen LogP contribution in [0, 0.1) is 0 Å². The van der Waals surface area contributed by atoms with E-state index in [9.17, 15) is 0 Å². The number of hydrogen-bond acceptors (Lipinski definition) is 1. The van der Waals surface area contributed by atoms with Gasteiger partial charge in [0.05, 0.1) is 5.52 Å². The fraction of sp³-hybridized carbons (Fsp3) is 0.300. The molecule has 0 N–H and O–H groups in total. The molecular formula is C10H14N2. The van der Waals surface area contributed by atoms with Crippen LogP contribution in [0.3, 0.4) is 0 Å². The summed E-state index contributed by atoms with van der Waals surface area (Å²) in [6.07, 6.45) is 5.88. The Balaban J connectivity index is 0.000000336. The first-order chi connectivity index (χ1) is 5.86. The van der Waals surface area contributed by atoms with Gasteiger partial charge in [0.1, 0.15) is 0 Å². The van der Waals surface area contributed by atoms with E-state index >= 15 is 0 Å². The molecule has 2 nitrogen and oxygen atoms in total. The van der Waals surface area contributed by atoms with E-state index in [1.165, 1.54) is 5.39 Å². The normalized spacial score (nSPS) is 9.25. The zero-order valence-corrected chi connectivity index (χ0v) is 7.78. The Kier molecular flexibility index (Phi) is 2.86. The van der Waals surface area contributed by atoms with Gasteiger partial charge >= 0.3 is 0 Å². The van der Waals surface area contributed by atoms with Crippen LogP contribution in [0.25, 0.3) is 10.9 Å². The maximum absolute atomic E-state index is 4.18. The van der Waals surface area contributed by atoms with E-state index in [2.05, 4.69) is 17.2 Å². The molecule has 0 fully saturated rings. The zero-order valence-electron chi connectivity index (χ0n) is 7.78. The second kappa shape index (κ2) is 3.90. The van der Waals surface area contributed by atoms with Gasteiger partial charge in [0.15, 0.2) is 0 Å². The molecular weight excluding hydrogens is 148 g/mol. The number of nitrogens with zero attached hydrogens (tertiary/aromatic N) is 2. The molecule has 2 rings (SSSR count). The molecule has 2 aromatic heterocycles. The summed E-state index contributed by atoms with van der Waals surface area (Å²) < 4.78 is 2.01. The molecule has 0 saturated heterocycles. The van der Waals surface area contributed by atoms with Gasteiger partial charge in [-0.1, -0.05) is 13.8 Å². The van der Waals surface area contributed by atoms with Crippen molar-refractivity contribution in [3.8, 4) is 0 Å². The molecule has 12 heavy (non-hydrogen) atoms. The molecule has 0 aromatic carbocycles. The molecule has 2 heterocycles. The lowest BCUT2D eigenvalue weighted by atomic mass is 10.3. The van der Waals surface area contributed by atoms with Crippen LogP contribution >= 0.6 is 0 Å². The maximum atomic E-state index is 4.18. The van der Waals surface area contributed by atoms with Crippen molar-refractivity contribution in [1.82, 2.24) is 9.55 Å². The average molecular weight is 162 g/mol. The predicted molar refractivity (Wildman–Crippen MR) is 52.1 cm³/mol. The SMILES string of the molecule is CC.Cn1cc2cccnc2c1. The van der Waals surface area contributed by atoms with Crippen molar-refractivity contribution in [1.29, 1.82) is 0 Å². The Morgan fingerprint density at radius 3 is 2.67 bits per heavy atom. The second-order valence-corrected chi connectivity index (χ2v) is 2.40. The first kappa shape index (κ1) is 8.78. The summed E-state index contributed by atoms with van der Waals surface area (Å²) in [6, 6.07) is 4.00. The van der Waals surface area contributed by atoms with Crippen LogP contribution in [0.15, 0.2) is 30.7 Å². The van der Waals surface area contributed by atoms with Crippen LogP contribution in [0.1, 0.15) is 13.8 Å². The highest BCUT2D eigenvalue weighted by atomic mass is 14.9. The molecule has 2 aromatic rings. The lowest BCUT2D eigenvalue weighted by molar-refractivity contribution is 0.932. The molecule has 0 unspecified atom stereocenters. The van der Waals surface area contributed by atoms with Crippen LogP contribution in [-0.4, -0.2) is 9.55 Å². The number of rotatable bonds is 0. The van der Waals surface area contributed by atoms with Crippen molar-refractivity contribution >= 4 is 10.9 Å². The molecule has 0 saturated carbocycles. The highest BCUT2D eigenvalue weighted by molar-refractivity contribution is 5.77. The molecule has 0 aliphatic heterocycles. The molecule has 0 radical (unpaired) electrons. The molecule has 2 heteroatoms. The first-order valence-corrected chi connectivity index (χ1v) is 4.23. The van der Waals surface area contributed by atoms with Crippen molar-refractivity contribution < 1.29 is 0 Å². The van der Waals surface area contributed by atoms with Gasteiger partial charge in [-0.25, -0.2) is 0 Å². The van der Waals surface area contributed by atoms with E-state index in [1.807, 2.05) is 43.9 Å². The minimum absolute atomic E-state index is 1.06. The molecule has 0 spiro atoms. The Morgan fingerprint density at radius 2 is 2.00 bits per heavy atom. The Hall–Kier alpha value is -1.31. The number of fused-ring (bicyclic) bond motifs is 1. The minimum atomic E-state index is 1.06. The van der Waals surface area contributed by atoms with Crippen molar-refractivity contribution in [2.75, 3.05) is 0 Å². The number of aryl methyl sites for hydroxylation is 1.